The van der Waals surface area contributed by atoms with Crippen LogP contribution in [0.4, 0.5) is 5.69 Å². The van der Waals surface area contributed by atoms with Gasteiger partial charge in [-0.3, -0.25) is 0 Å². The van der Waals surface area contributed by atoms with Gasteiger partial charge in [0.2, 0.25) is 0 Å². The van der Waals surface area contributed by atoms with Crippen molar-refractivity contribution in [3.63, 3.8) is 0 Å². The number of benzene rings is 2. The monoisotopic (exact) mass is 328 g/mol. The second-order valence-corrected chi connectivity index (χ2v) is 6.07. The summed E-state index contributed by atoms with van der Waals surface area (Å²) in [7, 11) is 0. The molecule has 1 unspecified atom stereocenters. The van der Waals surface area contributed by atoms with Gasteiger partial charge in [0, 0.05) is 11.8 Å². The van der Waals surface area contributed by atoms with Gasteiger partial charge in [0.05, 0.1) is 12.1 Å². The van der Waals surface area contributed by atoms with E-state index in [0.717, 1.165) is 17.9 Å². The van der Waals surface area contributed by atoms with Gasteiger partial charge >= 0.3 is 0 Å². The fourth-order valence-corrected chi connectivity index (χ4v) is 2.61. The summed E-state index contributed by atoms with van der Waals surface area (Å²) in [6, 6.07) is 18.4. The van der Waals surface area contributed by atoms with Crippen molar-refractivity contribution in [2.45, 2.75) is 39.3 Å². The first-order valence-corrected chi connectivity index (χ1v) is 8.38. The summed E-state index contributed by atoms with van der Waals surface area (Å²) in [5.74, 6) is 0.836. The molecule has 0 aliphatic rings. The first-order valence-electron chi connectivity index (χ1n) is 7.97. The zero-order valence-corrected chi connectivity index (χ0v) is 14.7. The average Bonchev–Trinajstić information content (AvgIpc) is 2.53. The zero-order valence-electron chi connectivity index (χ0n) is 13.9. The highest BCUT2D eigenvalue weighted by Gasteiger charge is 2.10. The summed E-state index contributed by atoms with van der Waals surface area (Å²) in [6.07, 6.45) is 1.11. The van der Waals surface area contributed by atoms with Crippen molar-refractivity contribution in [3.8, 4) is 5.75 Å². The molecule has 2 aromatic carbocycles. The maximum Gasteiger partial charge on any atom is 0.171 e. The van der Waals surface area contributed by atoms with Gasteiger partial charge in [0.15, 0.2) is 5.11 Å². The van der Waals surface area contributed by atoms with Gasteiger partial charge in [-0.2, -0.15) is 0 Å². The topological polar surface area (TPSA) is 33.3 Å². The Hall–Kier alpha value is -2.07. The molecule has 4 heteroatoms. The number of ether oxygens (including phenoxy) is 1. The Kier molecular flexibility index (Phi) is 6.41. The van der Waals surface area contributed by atoms with Crippen LogP contribution in [-0.2, 0) is 0 Å². The van der Waals surface area contributed by atoms with Crippen LogP contribution in [-0.4, -0.2) is 11.2 Å². The molecule has 2 N–H and O–H groups in total. The number of thiocarbonyl (C=S) groups is 1. The van der Waals surface area contributed by atoms with Crippen molar-refractivity contribution in [1.29, 1.82) is 0 Å². The fourth-order valence-electron chi connectivity index (χ4n) is 2.35. The molecule has 122 valence electrons. The lowest BCUT2D eigenvalue weighted by molar-refractivity contribution is 0.242. The van der Waals surface area contributed by atoms with E-state index >= 15 is 0 Å². The molecule has 0 aliphatic carbocycles. The Labute approximate surface area is 144 Å². The van der Waals surface area contributed by atoms with Crippen LogP contribution in [0.3, 0.4) is 0 Å². The van der Waals surface area contributed by atoms with Gasteiger partial charge in [-0.15, -0.1) is 0 Å². The van der Waals surface area contributed by atoms with Crippen LogP contribution >= 0.6 is 12.2 Å². The van der Waals surface area contributed by atoms with Crippen molar-refractivity contribution in [3.05, 3.63) is 60.2 Å². The molecule has 0 spiro atoms. The van der Waals surface area contributed by atoms with E-state index in [0.29, 0.717) is 5.11 Å². The highest BCUT2D eigenvalue weighted by atomic mass is 32.1. The van der Waals surface area contributed by atoms with Crippen molar-refractivity contribution in [2.24, 2.45) is 0 Å². The third-order valence-corrected chi connectivity index (χ3v) is 3.60. The Balaban J connectivity index is 1.98. The molecule has 1 atom stereocenters. The van der Waals surface area contributed by atoms with Crippen LogP contribution in [0.1, 0.15) is 38.8 Å². The summed E-state index contributed by atoms with van der Waals surface area (Å²) < 4.78 is 5.70. The SMILES string of the molecule is CCC(NC(=S)Nc1cccc(OC(C)C)c1)c1ccccc1. The van der Waals surface area contributed by atoms with Crippen LogP contribution in [0.15, 0.2) is 54.6 Å². The van der Waals surface area contributed by atoms with Crippen molar-refractivity contribution in [2.75, 3.05) is 5.32 Å². The number of rotatable bonds is 6. The average molecular weight is 328 g/mol. The molecule has 2 aromatic rings. The molecule has 0 bridgehead atoms. The largest absolute Gasteiger partial charge is 0.491 e. The predicted molar refractivity (Wildman–Crippen MR) is 101 cm³/mol. The van der Waals surface area contributed by atoms with Gasteiger partial charge in [0.1, 0.15) is 5.75 Å². The minimum atomic E-state index is 0.151. The first kappa shape index (κ1) is 17.3. The molecule has 0 saturated heterocycles. The Morgan fingerprint density at radius 1 is 1.09 bits per heavy atom. The second kappa shape index (κ2) is 8.53. The summed E-state index contributed by atoms with van der Waals surface area (Å²) in [6.45, 7) is 6.17. The molecule has 0 amide bonds. The van der Waals surface area contributed by atoms with Gasteiger partial charge in [-0.1, -0.05) is 43.3 Å². The third-order valence-electron chi connectivity index (χ3n) is 3.38. The van der Waals surface area contributed by atoms with E-state index < -0.39 is 0 Å². The van der Waals surface area contributed by atoms with E-state index in [1.807, 2.05) is 56.3 Å². The second-order valence-electron chi connectivity index (χ2n) is 5.66. The summed E-state index contributed by atoms with van der Waals surface area (Å²) in [5.41, 5.74) is 2.15. The van der Waals surface area contributed by atoms with E-state index in [4.69, 9.17) is 17.0 Å². The maximum atomic E-state index is 5.70. The molecule has 0 fully saturated rings. The van der Waals surface area contributed by atoms with E-state index in [9.17, 15) is 0 Å². The Morgan fingerprint density at radius 2 is 1.83 bits per heavy atom. The summed E-state index contributed by atoms with van der Waals surface area (Å²) in [5, 5.41) is 7.21. The zero-order chi connectivity index (χ0) is 16.7. The number of anilines is 1. The third kappa shape index (κ3) is 5.57. The maximum absolute atomic E-state index is 5.70. The van der Waals surface area contributed by atoms with E-state index in [1.165, 1.54) is 5.56 Å². The van der Waals surface area contributed by atoms with Crippen molar-refractivity contribution in [1.82, 2.24) is 5.32 Å². The smallest absolute Gasteiger partial charge is 0.171 e. The fraction of sp³-hybridized carbons (Fsp3) is 0.316. The summed E-state index contributed by atoms with van der Waals surface area (Å²) >= 11 is 5.45. The lowest BCUT2D eigenvalue weighted by Crippen LogP contribution is -2.32. The van der Waals surface area contributed by atoms with Gasteiger partial charge in [-0.25, -0.2) is 0 Å². The molecule has 0 saturated carbocycles. The molecule has 3 nitrogen and oxygen atoms in total. The van der Waals surface area contributed by atoms with Crippen LogP contribution in [0.2, 0.25) is 0 Å². The highest BCUT2D eigenvalue weighted by molar-refractivity contribution is 7.80. The van der Waals surface area contributed by atoms with Crippen LogP contribution < -0.4 is 15.4 Å². The predicted octanol–water partition coefficient (Wildman–Crippen LogP) is 4.91. The molecule has 0 aromatic heterocycles. The lowest BCUT2D eigenvalue weighted by Gasteiger charge is -2.20. The van der Waals surface area contributed by atoms with Crippen molar-refractivity contribution >= 4 is 23.0 Å². The quantitative estimate of drug-likeness (QED) is 0.738. The Morgan fingerprint density at radius 3 is 2.48 bits per heavy atom. The molecule has 23 heavy (non-hydrogen) atoms. The minimum absolute atomic E-state index is 0.151. The lowest BCUT2D eigenvalue weighted by atomic mass is 10.1. The normalized spacial score (nSPS) is 11.8. The van der Waals surface area contributed by atoms with Crippen LogP contribution in [0, 0.1) is 0 Å². The molecule has 0 heterocycles. The number of hydrogen-bond donors (Lipinski definition) is 2. The molecule has 2 rings (SSSR count). The first-order chi connectivity index (χ1) is 11.1. The van der Waals surface area contributed by atoms with Gasteiger partial charge < -0.3 is 15.4 Å². The van der Waals surface area contributed by atoms with Crippen molar-refractivity contribution < 1.29 is 4.74 Å². The van der Waals surface area contributed by atoms with Crippen LogP contribution in [0.25, 0.3) is 0 Å². The van der Waals surface area contributed by atoms with Gasteiger partial charge in [0.25, 0.3) is 0 Å². The summed E-state index contributed by atoms with van der Waals surface area (Å²) in [4.78, 5) is 0. The van der Waals surface area contributed by atoms with Gasteiger partial charge in [-0.05, 0) is 50.2 Å². The number of hydrogen-bond acceptors (Lipinski definition) is 2. The minimum Gasteiger partial charge on any atom is -0.491 e. The van der Waals surface area contributed by atoms with E-state index in [2.05, 4.69) is 29.7 Å². The Bertz CT molecular complexity index is 628. The molecular weight excluding hydrogens is 304 g/mol. The van der Waals surface area contributed by atoms with E-state index in [1.54, 1.807) is 0 Å². The molecule has 0 radical (unpaired) electrons. The van der Waals surface area contributed by atoms with E-state index in [-0.39, 0.29) is 12.1 Å². The molecular formula is C19H24N2OS. The number of nitrogens with one attached hydrogen (secondary N) is 2. The standard InChI is InChI=1S/C19H24N2OS/c1-4-18(15-9-6-5-7-10-15)21-19(23)20-16-11-8-12-17(13-16)22-14(2)3/h5-14,18H,4H2,1-3H3,(H2,20,21,23). The highest BCUT2D eigenvalue weighted by Crippen LogP contribution is 2.20. The molecule has 0 aliphatic heterocycles. The van der Waals surface area contributed by atoms with Crippen LogP contribution in [0.5, 0.6) is 5.75 Å².